The largest absolute Gasteiger partial charge is 0.508 e. The zero-order valence-electron chi connectivity index (χ0n) is 23.9. The van der Waals surface area contributed by atoms with Crippen LogP contribution in [0.15, 0.2) is 54.7 Å². The Kier molecular flexibility index (Phi) is 11.2. The van der Waals surface area contributed by atoms with E-state index in [0.717, 1.165) is 16.5 Å². The molecule has 5 unspecified atom stereocenters. The lowest BCUT2D eigenvalue weighted by Crippen LogP contribution is -2.58. The number of fused-ring (bicyclic) bond motifs is 1. The number of amides is 3. The van der Waals surface area contributed by atoms with Gasteiger partial charge in [0.1, 0.15) is 23.9 Å². The van der Waals surface area contributed by atoms with Gasteiger partial charge in [-0.15, -0.1) is 0 Å². The predicted molar refractivity (Wildman–Crippen MR) is 157 cm³/mol. The van der Waals surface area contributed by atoms with E-state index in [9.17, 15) is 39.3 Å². The third-order valence-electron chi connectivity index (χ3n) is 7.25. The van der Waals surface area contributed by atoms with Crippen LogP contribution in [-0.4, -0.2) is 74.1 Å². The second kappa shape index (κ2) is 14.8. The van der Waals surface area contributed by atoms with Gasteiger partial charge < -0.3 is 42.0 Å². The highest BCUT2D eigenvalue weighted by atomic mass is 16.4. The molecule has 0 fully saturated rings. The van der Waals surface area contributed by atoms with E-state index in [1.165, 1.54) is 12.1 Å². The van der Waals surface area contributed by atoms with Gasteiger partial charge in [0.05, 0.1) is 12.5 Å². The molecule has 3 rings (SSSR count). The van der Waals surface area contributed by atoms with Crippen molar-refractivity contribution in [1.29, 1.82) is 0 Å². The molecule has 0 radical (unpaired) electrons. The van der Waals surface area contributed by atoms with Crippen LogP contribution in [0.5, 0.6) is 5.75 Å². The van der Waals surface area contributed by atoms with Crippen LogP contribution < -0.4 is 21.7 Å². The van der Waals surface area contributed by atoms with Gasteiger partial charge >= 0.3 is 11.9 Å². The summed E-state index contributed by atoms with van der Waals surface area (Å²) in [5.41, 5.74) is 8.43. The van der Waals surface area contributed by atoms with Gasteiger partial charge in [0.2, 0.25) is 17.7 Å². The molecule has 9 N–H and O–H groups in total. The molecule has 230 valence electrons. The highest BCUT2D eigenvalue weighted by Gasteiger charge is 2.33. The molecule has 0 spiro atoms. The van der Waals surface area contributed by atoms with Crippen molar-refractivity contribution in [2.75, 3.05) is 0 Å². The average molecular weight is 596 g/mol. The highest BCUT2D eigenvalue weighted by molar-refractivity contribution is 5.96. The van der Waals surface area contributed by atoms with Crippen molar-refractivity contribution in [1.82, 2.24) is 20.9 Å². The zero-order chi connectivity index (χ0) is 31.7. The second-order valence-corrected chi connectivity index (χ2v) is 10.5. The number of phenolic OH excluding ortho intramolecular Hbond substituents is 1. The third kappa shape index (κ3) is 9.04. The molecular formula is C30H37N5O8. The number of carbonyl (C=O) groups excluding carboxylic acids is 3. The summed E-state index contributed by atoms with van der Waals surface area (Å²) in [4.78, 5) is 66.0. The van der Waals surface area contributed by atoms with Gasteiger partial charge in [-0.3, -0.25) is 19.2 Å². The fourth-order valence-corrected chi connectivity index (χ4v) is 4.58. The van der Waals surface area contributed by atoms with Crippen molar-refractivity contribution in [3.8, 4) is 5.75 Å². The number of carboxylic acid groups (broad SMARTS) is 2. The number of nitrogens with two attached hydrogens (primary N) is 1. The molecule has 13 nitrogen and oxygen atoms in total. The van der Waals surface area contributed by atoms with Gasteiger partial charge in [0, 0.05) is 23.5 Å². The number of aromatic amines is 1. The number of rotatable bonds is 15. The molecular weight excluding hydrogens is 558 g/mol. The van der Waals surface area contributed by atoms with Crippen molar-refractivity contribution in [3.63, 3.8) is 0 Å². The summed E-state index contributed by atoms with van der Waals surface area (Å²) in [6, 6.07) is 8.09. The van der Waals surface area contributed by atoms with Crippen LogP contribution >= 0.6 is 0 Å². The molecule has 0 bridgehead atoms. The number of aliphatic carboxylic acids is 2. The predicted octanol–water partition coefficient (Wildman–Crippen LogP) is 1.05. The normalized spacial score (nSPS) is 14.6. The van der Waals surface area contributed by atoms with Gasteiger partial charge in [0.15, 0.2) is 0 Å². The summed E-state index contributed by atoms with van der Waals surface area (Å²) in [7, 11) is 0. The minimum absolute atomic E-state index is 0.0120. The lowest BCUT2D eigenvalue weighted by atomic mass is 9.98. The zero-order valence-corrected chi connectivity index (χ0v) is 23.9. The number of aromatic nitrogens is 1. The van der Waals surface area contributed by atoms with Crippen molar-refractivity contribution in [2.24, 2.45) is 11.7 Å². The maximum absolute atomic E-state index is 13.5. The van der Waals surface area contributed by atoms with E-state index in [0.29, 0.717) is 12.0 Å². The number of benzene rings is 2. The molecule has 3 aromatic rings. The quantitative estimate of drug-likeness (QED) is 0.125. The van der Waals surface area contributed by atoms with Crippen LogP contribution in [0.25, 0.3) is 10.9 Å². The lowest BCUT2D eigenvalue weighted by molar-refractivity contribution is -0.144. The molecule has 1 heterocycles. The summed E-state index contributed by atoms with van der Waals surface area (Å²) in [5, 5.41) is 36.8. The van der Waals surface area contributed by atoms with Gasteiger partial charge in [0.25, 0.3) is 0 Å². The number of H-pyrrole nitrogens is 1. The number of para-hydroxylation sites is 1. The Morgan fingerprint density at radius 2 is 1.49 bits per heavy atom. The molecule has 3 amide bonds. The molecule has 43 heavy (non-hydrogen) atoms. The summed E-state index contributed by atoms with van der Waals surface area (Å²) in [6.45, 7) is 3.36. The SMILES string of the molecule is CCC(C)C(NC(=O)C(CC(=O)O)NC(=O)C(Cc1ccc(O)cc1)NC(=O)C(N)Cc1c[nH]c2ccccc12)C(=O)O. The summed E-state index contributed by atoms with van der Waals surface area (Å²) < 4.78 is 0. The Morgan fingerprint density at radius 1 is 0.860 bits per heavy atom. The maximum atomic E-state index is 13.5. The molecule has 0 aliphatic carbocycles. The molecule has 2 aromatic carbocycles. The van der Waals surface area contributed by atoms with E-state index in [-0.39, 0.29) is 18.6 Å². The van der Waals surface area contributed by atoms with E-state index >= 15 is 0 Å². The summed E-state index contributed by atoms with van der Waals surface area (Å²) in [5.74, 6) is -5.72. The van der Waals surface area contributed by atoms with Crippen molar-refractivity contribution in [2.45, 2.75) is 63.7 Å². The maximum Gasteiger partial charge on any atom is 0.326 e. The van der Waals surface area contributed by atoms with Crippen LogP contribution in [0, 0.1) is 5.92 Å². The van der Waals surface area contributed by atoms with E-state index in [2.05, 4.69) is 20.9 Å². The Morgan fingerprint density at radius 3 is 2.12 bits per heavy atom. The molecule has 13 heteroatoms. The van der Waals surface area contributed by atoms with Gasteiger partial charge in [-0.25, -0.2) is 4.79 Å². The molecule has 0 aliphatic rings. The van der Waals surface area contributed by atoms with E-state index < -0.39 is 66.2 Å². The molecule has 0 aliphatic heterocycles. The number of hydrogen-bond donors (Lipinski definition) is 8. The van der Waals surface area contributed by atoms with Gasteiger partial charge in [-0.05, 0) is 41.7 Å². The standard InChI is InChI=1S/C30H37N5O8/c1-3-16(2)26(30(42)43)35-29(41)24(14-25(37)38)34-28(40)23(12-17-8-10-19(36)11-9-17)33-27(39)21(31)13-18-15-32-22-7-5-4-6-20(18)22/h4-11,15-16,21,23-24,26,32,36H,3,12-14,31H2,1-2H3,(H,33,39)(H,34,40)(H,35,41)(H,37,38)(H,42,43). The van der Waals surface area contributed by atoms with E-state index in [4.69, 9.17) is 5.73 Å². The van der Waals surface area contributed by atoms with Crippen LogP contribution in [0.2, 0.25) is 0 Å². The van der Waals surface area contributed by atoms with Crippen LogP contribution in [-0.2, 0) is 36.8 Å². The fraction of sp³-hybridized carbons (Fsp3) is 0.367. The van der Waals surface area contributed by atoms with Gasteiger partial charge in [-0.2, -0.15) is 0 Å². The number of carboxylic acids is 2. The second-order valence-electron chi connectivity index (χ2n) is 10.5. The first kappa shape index (κ1) is 32.6. The minimum atomic E-state index is -1.63. The minimum Gasteiger partial charge on any atom is -0.508 e. The number of carbonyl (C=O) groups is 5. The molecule has 5 atom stereocenters. The average Bonchev–Trinajstić information content (AvgIpc) is 3.37. The fourth-order valence-electron chi connectivity index (χ4n) is 4.58. The van der Waals surface area contributed by atoms with Gasteiger partial charge in [-0.1, -0.05) is 50.6 Å². The first-order valence-corrected chi connectivity index (χ1v) is 13.8. The third-order valence-corrected chi connectivity index (χ3v) is 7.25. The van der Waals surface area contributed by atoms with Crippen LogP contribution in [0.4, 0.5) is 0 Å². The number of nitrogens with one attached hydrogen (secondary N) is 4. The lowest BCUT2D eigenvalue weighted by Gasteiger charge is -2.26. The first-order chi connectivity index (χ1) is 20.4. The molecule has 0 saturated carbocycles. The van der Waals surface area contributed by atoms with Crippen molar-refractivity contribution >= 4 is 40.6 Å². The number of hydrogen-bond acceptors (Lipinski definition) is 7. The Bertz CT molecular complexity index is 1450. The van der Waals surface area contributed by atoms with Crippen molar-refractivity contribution in [3.05, 3.63) is 65.9 Å². The van der Waals surface area contributed by atoms with Crippen molar-refractivity contribution < 1.29 is 39.3 Å². The summed E-state index contributed by atoms with van der Waals surface area (Å²) >= 11 is 0. The Balaban J connectivity index is 1.80. The molecule has 0 saturated heterocycles. The Labute approximate surface area is 247 Å². The highest BCUT2D eigenvalue weighted by Crippen LogP contribution is 2.19. The summed E-state index contributed by atoms with van der Waals surface area (Å²) in [6.07, 6.45) is 1.41. The number of aromatic hydroxyl groups is 1. The Hall–Kier alpha value is -4.91. The monoisotopic (exact) mass is 595 g/mol. The van der Waals surface area contributed by atoms with Crippen LogP contribution in [0.1, 0.15) is 37.8 Å². The molecule has 1 aromatic heterocycles. The van der Waals surface area contributed by atoms with E-state index in [1.54, 1.807) is 32.2 Å². The van der Waals surface area contributed by atoms with E-state index in [1.807, 2.05) is 24.3 Å². The first-order valence-electron chi connectivity index (χ1n) is 13.8. The van der Waals surface area contributed by atoms with Crippen LogP contribution in [0.3, 0.4) is 0 Å². The number of phenols is 1. The smallest absolute Gasteiger partial charge is 0.326 e. The topological polar surface area (TPSA) is 224 Å².